The Balaban J connectivity index is 1.48. The molecule has 0 atom stereocenters. The smallest absolute Gasteiger partial charge is 0.191 e. The van der Waals surface area contributed by atoms with E-state index in [0.717, 1.165) is 36.8 Å². The summed E-state index contributed by atoms with van der Waals surface area (Å²) in [5.41, 5.74) is 3.33. The lowest BCUT2D eigenvalue weighted by Gasteiger charge is -2.10. The zero-order valence-electron chi connectivity index (χ0n) is 12.5. The third-order valence-corrected chi connectivity index (χ3v) is 4.08. The molecule has 0 aromatic carbocycles. The van der Waals surface area contributed by atoms with E-state index in [2.05, 4.69) is 43.6 Å². The maximum atomic E-state index is 4.59. The lowest BCUT2D eigenvalue weighted by Crippen LogP contribution is -2.37. The molecule has 3 aromatic heterocycles. The number of thiophene rings is 1. The first-order valence-electron chi connectivity index (χ1n) is 7.23. The average Bonchev–Trinajstić information content (AvgIpc) is 3.19. The number of guanidine groups is 1. The second-order valence-corrected chi connectivity index (χ2v) is 5.71. The van der Waals surface area contributed by atoms with Crippen LogP contribution < -0.4 is 10.6 Å². The molecule has 0 aliphatic carbocycles. The van der Waals surface area contributed by atoms with Gasteiger partial charge in [-0.15, -0.1) is 0 Å². The first-order chi connectivity index (χ1) is 10.8. The summed E-state index contributed by atoms with van der Waals surface area (Å²) >= 11 is 1.71. The van der Waals surface area contributed by atoms with Gasteiger partial charge in [0.1, 0.15) is 5.65 Å². The van der Waals surface area contributed by atoms with Crippen LogP contribution in [0.25, 0.3) is 5.65 Å². The van der Waals surface area contributed by atoms with E-state index in [9.17, 15) is 0 Å². The second-order valence-electron chi connectivity index (χ2n) is 4.93. The third kappa shape index (κ3) is 3.65. The number of aromatic nitrogens is 2. The van der Waals surface area contributed by atoms with Gasteiger partial charge < -0.3 is 15.0 Å². The lowest BCUT2D eigenvalue weighted by atomic mass is 10.3. The summed E-state index contributed by atoms with van der Waals surface area (Å²) in [5, 5.41) is 10.8. The van der Waals surface area contributed by atoms with Gasteiger partial charge in [0.2, 0.25) is 0 Å². The van der Waals surface area contributed by atoms with Gasteiger partial charge in [-0.2, -0.15) is 11.3 Å². The molecule has 0 aliphatic rings. The number of nitrogens with zero attached hydrogens (tertiary/aromatic N) is 3. The monoisotopic (exact) mass is 313 g/mol. The topological polar surface area (TPSA) is 53.7 Å². The van der Waals surface area contributed by atoms with Crippen molar-refractivity contribution in [1.29, 1.82) is 0 Å². The van der Waals surface area contributed by atoms with E-state index in [4.69, 9.17) is 0 Å². The first kappa shape index (κ1) is 14.6. The Labute approximate surface area is 133 Å². The SMILES string of the molecule is CN=C(NCCc1cn2ccccc2n1)NCc1ccsc1. The van der Waals surface area contributed by atoms with E-state index in [1.165, 1.54) is 5.56 Å². The predicted octanol–water partition coefficient (Wildman–Crippen LogP) is 2.30. The van der Waals surface area contributed by atoms with Gasteiger partial charge in [-0.3, -0.25) is 4.99 Å². The molecule has 0 spiro atoms. The number of nitrogens with one attached hydrogen (secondary N) is 2. The zero-order valence-corrected chi connectivity index (χ0v) is 13.3. The van der Waals surface area contributed by atoms with Gasteiger partial charge in [0.05, 0.1) is 5.69 Å². The zero-order chi connectivity index (χ0) is 15.2. The highest BCUT2D eigenvalue weighted by Gasteiger charge is 2.02. The van der Waals surface area contributed by atoms with Crippen molar-refractivity contribution in [3.63, 3.8) is 0 Å². The van der Waals surface area contributed by atoms with Crippen LogP contribution in [0.2, 0.25) is 0 Å². The van der Waals surface area contributed by atoms with E-state index in [1.54, 1.807) is 18.4 Å². The summed E-state index contributed by atoms with van der Waals surface area (Å²) in [5.74, 6) is 0.815. The largest absolute Gasteiger partial charge is 0.356 e. The molecule has 0 aliphatic heterocycles. The van der Waals surface area contributed by atoms with Gasteiger partial charge in [0, 0.05) is 39.0 Å². The second kappa shape index (κ2) is 7.09. The molecule has 3 aromatic rings. The number of imidazole rings is 1. The fraction of sp³-hybridized carbons (Fsp3) is 0.250. The fourth-order valence-corrected chi connectivity index (χ4v) is 2.88. The highest BCUT2D eigenvalue weighted by atomic mass is 32.1. The molecule has 0 saturated carbocycles. The highest BCUT2D eigenvalue weighted by molar-refractivity contribution is 7.07. The summed E-state index contributed by atoms with van der Waals surface area (Å²) in [7, 11) is 1.79. The molecule has 0 unspecified atom stereocenters. The van der Waals surface area contributed by atoms with Crippen molar-refractivity contribution in [2.45, 2.75) is 13.0 Å². The molecule has 0 radical (unpaired) electrons. The molecule has 22 heavy (non-hydrogen) atoms. The fourth-order valence-electron chi connectivity index (χ4n) is 2.22. The van der Waals surface area contributed by atoms with Crippen LogP contribution in [-0.2, 0) is 13.0 Å². The summed E-state index contributed by atoms with van der Waals surface area (Å²) < 4.78 is 2.04. The van der Waals surface area contributed by atoms with E-state index >= 15 is 0 Å². The Bertz CT molecular complexity index is 712. The van der Waals surface area contributed by atoms with Crippen LogP contribution >= 0.6 is 11.3 Å². The number of fused-ring (bicyclic) bond motifs is 1. The van der Waals surface area contributed by atoms with Gasteiger partial charge in [-0.05, 0) is 34.5 Å². The van der Waals surface area contributed by atoms with Crippen molar-refractivity contribution in [3.8, 4) is 0 Å². The van der Waals surface area contributed by atoms with Crippen molar-refractivity contribution in [2.75, 3.05) is 13.6 Å². The van der Waals surface area contributed by atoms with E-state index in [-0.39, 0.29) is 0 Å². The number of aliphatic imine (C=N–C) groups is 1. The summed E-state index contributed by atoms with van der Waals surface area (Å²) in [6.07, 6.45) is 4.94. The van der Waals surface area contributed by atoms with Crippen molar-refractivity contribution in [1.82, 2.24) is 20.0 Å². The van der Waals surface area contributed by atoms with Crippen molar-refractivity contribution < 1.29 is 0 Å². The molecule has 114 valence electrons. The number of pyridine rings is 1. The van der Waals surface area contributed by atoms with Crippen LogP contribution in [-0.4, -0.2) is 28.9 Å². The standard InChI is InChI=1S/C16H19N5S/c1-17-16(19-10-13-6-9-22-12-13)18-7-5-14-11-21-8-3-2-4-15(21)20-14/h2-4,6,8-9,11-12H,5,7,10H2,1H3,(H2,17,18,19). The quantitative estimate of drug-likeness (QED) is 0.561. The van der Waals surface area contributed by atoms with Gasteiger partial charge in [-0.1, -0.05) is 6.07 Å². The first-order valence-corrected chi connectivity index (χ1v) is 8.17. The minimum atomic E-state index is 0.789. The van der Waals surface area contributed by atoms with E-state index in [0.29, 0.717) is 0 Å². The predicted molar refractivity (Wildman–Crippen MR) is 91.4 cm³/mol. The Hall–Kier alpha value is -2.34. The van der Waals surface area contributed by atoms with Crippen LogP contribution in [0.3, 0.4) is 0 Å². The van der Waals surface area contributed by atoms with Crippen LogP contribution in [0, 0.1) is 0 Å². The molecule has 3 heterocycles. The maximum Gasteiger partial charge on any atom is 0.191 e. The highest BCUT2D eigenvalue weighted by Crippen LogP contribution is 2.05. The van der Waals surface area contributed by atoms with Crippen molar-refractivity contribution >= 4 is 22.9 Å². The molecular formula is C16H19N5S. The molecule has 0 amide bonds. The molecule has 5 nitrogen and oxygen atoms in total. The summed E-state index contributed by atoms with van der Waals surface area (Å²) in [6, 6.07) is 8.13. The molecular weight excluding hydrogens is 294 g/mol. The molecule has 2 N–H and O–H groups in total. The van der Waals surface area contributed by atoms with Crippen LogP contribution in [0.5, 0.6) is 0 Å². The molecule has 0 bridgehead atoms. The third-order valence-electron chi connectivity index (χ3n) is 3.35. The van der Waals surface area contributed by atoms with Gasteiger partial charge in [0.15, 0.2) is 5.96 Å². The van der Waals surface area contributed by atoms with Crippen LogP contribution in [0.4, 0.5) is 0 Å². The van der Waals surface area contributed by atoms with E-state index < -0.39 is 0 Å². The van der Waals surface area contributed by atoms with Crippen molar-refractivity contribution in [2.24, 2.45) is 4.99 Å². The minimum absolute atomic E-state index is 0.789. The number of hydrogen-bond donors (Lipinski definition) is 2. The Morgan fingerprint density at radius 3 is 3.05 bits per heavy atom. The lowest BCUT2D eigenvalue weighted by molar-refractivity contribution is 0.788. The molecule has 0 saturated heterocycles. The van der Waals surface area contributed by atoms with Crippen molar-refractivity contribution in [3.05, 3.63) is 58.7 Å². The number of hydrogen-bond acceptors (Lipinski definition) is 3. The van der Waals surface area contributed by atoms with Gasteiger partial charge in [-0.25, -0.2) is 4.98 Å². The number of rotatable bonds is 5. The molecule has 3 rings (SSSR count). The normalized spacial score (nSPS) is 11.8. The van der Waals surface area contributed by atoms with Crippen LogP contribution in [0.15, 0.2) is 52.4 Å². The minimum Gasteiger partial charge on any atom is -0.356 e. The Morgan fingerprint density at radius 1 is 1.32 bits per heavy atom. The van der Waals surface area contributed by atoms with Gasteiger partial charge in [0.25, 0.3) is 0 Å². The maximum absolute atomic E-state index is 4.59. The van der Waals surface area contributed by atoms with Crippen LogP contribution in [0.1, 0.15) is 11.3 Å². The molecule has 0 fully saturated rings. The molecule has 6 heteroatoms. The summed E-state index contributed by atoms with van der Waals surface area (Å²) in [4.78, 5) is 8.82. The summed E-state index contributed by atoms with van der Waals surface area (Å²) in [6.45, 7) is 1.59. The van der Waals surface area contributed by atoms with Gasteiger partial charge >= 0.3 is 0 Å². The Morgan fingerprint density at radius 2 is 2.27 bits per heavy atom. The average molecular weight is 313 g/mol. The Kier molecular flexibility index (Phi) is 4.70. The van der Waals surface area contributed by atoms with E-state index in [1.807, 2.05) is 28.8 Å².